The van der Waals surface area contributed by atoms with Crippen LogP contribution in [-0.2, 0) is 6.18 Å². The van der Waals surface area contributed by atoms with Crippen molar-refractivity contribution in [1.82, 2.24) is 9.97 Å². The Labute approximate surface area is 190 Å². The van der Waals surface area contributed by atoms with Crippen molar-refractivity contribution in [3.05, 3.63) is 90.8 Å². The number of rotatable bonds is 4. The number of hydrogen-bond donors (Lipinski definition) is 0. The van der Waals surface area contributed by atoms with Gasteiger partial charge in [-0.25, -0.2) is 9.97 Å². The molecule has 0 aliphatic carbocycles. The fourth-order valence-corrected chi connectivity index (χ4v) is 4.08. The van der Waals surface area contributed by atoms with Gasteiger partial charge >= 0.3 is 6.18 Å². The quantitative estimate of drug-likeness (QED) is 0.347. The van der Waals surface area contributed by atoms with Crippen LogP contribution in [0.1, 0.15) is 12.7 Å². The van der Waals surface area contributed by atoms with Crippen molar-refractivity contribution in [2.75, 3.05) is 23.0 Å². The molecule has 0 unspecified atom stereocenters. The highest BCUT2D eigenvalue weighted by Gasteiger charge is 2.40. The summed E-state index contributed by atoms with van der Waals surface area (Å²) in [6, 6.07) is 26.7. The van der Waals surface area contributed by atoms with Crippen LogP contribution in [0.4, 0.5) is 30.4 Å². The van der Waals surface area contributed by atoms with Gasteiger partial charge in [-0.05, 0) is 30.2 Å². The van der Waals surface area contributed by atoms with Crippen molar-refractivity contribution >= 4 is 17.2 Å². The maximum Gasteiger partial charge on any atom is 0.451 e. The molecule has 0 N–H and O–H groups in total. The first-order valence-corrected chi connectivity index (χ1v) is 10.7. The predicted octanol–water partition coefficient (Wildman–Crippen LogP) is 6.76. The zero-order valence-corrected chi connectivity index (χ0v) is 17.9. The first-order chi connectivity index (χ1) is 16.0. The van der Waals surface area contributed by atoms with Gasteiger partial charge in [-0.2, -0.15) is 13.2 Å². The van der Waals surface area contributed by atoms with Crippen molar-refractivity contribution in [3.63, 3.8) is 0 Å². The second kappa shape index (κ2) is 8.24. The minimum atomic E-state index is -4.65. The number of hydrogen-bond acceptors (Lipinski definition) is 4. The molecular weight excluding hydrogens is 425 g/mol. The van der Waals surface area contributed by atoms with Gasteiger partial charge in [0.15, 0.2) is 5.82 Å². The summed E-state index contributed by atoms with van der Waals surface area (Å²) in [6.45, 7) is 2.98. The average molecular weight is 446 g/mol. The molecule has 4 aromatic rings. The van der Waals surface area contributed by atoms with E-state index in [9.17, 15) is 13.2 Å². The molecule has 3 aromatic carbocycles. The first kappa shape index (κ1) is 21.0. The Morgan fingerprint density at radius 3 is 1.91 bits per heavy atom. The summed E-state index contributed by atoms with van der Waals surface area (Å²) >= 11 is 0. The van der Waals surface area contributed by atoms with E-state index in [0.717, 1.165) is 16.8 Å². The molecule has 0 fully saturated rings. The Morgan fingerprint density at radius 2 is 1.33 bits per heavy atom. The highest BCUT2D eigenvalue weighted by molar-refractivity contribution is 5.90. The molecule has 1 aromatic heterocycles. The Balaban J connectivity index is 1.64. The lowest BCUT2D eigenvalue weighted by atomic mass is 10.1. The average Bonchev–Trinajstić information content (AvgIpc) is 3.23. The number of anilines is 3. The van der Waals surface area contributed by atoms with Crippen LogP contribution in [0, 0.1) is 0 Å². The lowest BCUT2D eigenvalue weighted by molar-refractivity contribution is -0.144. The molecule has 0 amide bonds. The molecule has 4 nitrogen and oxygen atoms in total. The normalized spacial score (nSPS) is 13.3. The number of halogens is 3. The predicted molar refractivity (Wildman–Crippen MR) is 124 cm³/mol. The summed E-state index contributed by atoms with van der Waals surface area (Å²) in [4.78, 5) is 11.8. The summed E-state index contributed by atoms with van der Waals surface area (Å²) in [5.74, 6) is -0.866. The Kier molecular flexibility index (Phi) is 5.24. The van der Waals surface area contributed by atoms with Gasteiger partial charge in [0.25, 0.3) is 0 Å². The van der Waals surface area contributed by atoms with Crippen LogP contribution in [0.15, 0.2) is 84.9 Å². The smallest absolute Gasteiger partial charge is 0.349 e. The molecule has 1 aliphatic rings. The topological polar surface area (TPSA) is 32.3 Å². The summed E-state index contributed by atoms with van der Waals surface area (Å²) in [5.41, 5.74) is 4.42. The van der Waals surface area contributed by atoms with Crippen molar-refractivity contribution in [3.8, 4) is 22.4 Å². The van der Waals surface area contributed by atoms with Gasteiger partial charge < -0.3 is 9.80 Å². The molecule has 0 bridgehead atoms. The van der Waals surface area contributed by atoms with Crippen molar-refractivity contribution in [2.24, 2.45) is 0 Å². The maximum absolute atomic E-state index is 13.7. The van der Waals surface area contributed by atoms with Crippen LogP contribution in [0.5, 0.6) is 0 Å². The Morgan fingerprint density at radius 1 is 0.758 bits per heavy atom. The van der Waals surface area contributed by atoms with E-state index in [2.05, 4.69) is 9.97 Å². The Hall–Kier alpha value is -3.87. The minimum absolute atomic E-state index is 0.269. The van der Waals surface area contributed by atoms with E-state index >= 15 is 0 Å². The molecule has 0 saturated carbocycles. The van der Waals surface area contributed by atoms with Crippen molar-refractivity contribution in [1.29, 1.82) is 0 Å². The highest BCUT2D eigenvalue weighted by atomic mass is 19.4. The SMILES string of the molecule is CCN1CN(c2ccc(-c3ccccc3)cc2)c2nc(C(F)(F)F)nc(-c3ccccc3)c21. The fourth-order valence-electron chi connectivity index (χ4n) is 4.08. The van der Waals surface area contributed by atoms with Gasteiger partial charge in [0.2, 0.25) is 5.82 Å². The van der Waals surface area contributed by atoms with Crippen LogP contribution < -0.4 is 9.80 Å². The van der Waals surface area contributed by atoms with Gasteiger partial charge in [-0.15, -0.1) is 0 Å². The van der Waals surface area contributed by atoms with Crippen LogP contribution in [0.3, 0.4) is 0 Å². The summed E-state index contributed by atoms with van der Waals surface area (Å²) in [6.07, 6.45) is -4.65. The van der Waals surface area contributed by atoms with Crippen molar-refractivity contribution in [2.45, 2.75) is 13.1 Å². The molecule has 0 radical (unpaired) electrons. The van der Waals surface area contributed by atoms with Gasteiger partial charge in [-0.1, -0.05) is 72.8 Å². The minimum Gasteiger partial charge on any atom is -0.349 e. The zero-order valence-electron chi connectivity index (χ0n) is 17.9. The fraction of sp³-hybridized carbons (Fsp3) is 0.154. The van der Waals surface area contributed by atoms with E-state index in [1.54, 1.807) is 24.3 Å². The largest absolute Gasteiger partial charge is 0.451 e. The molecule has 33 heavy (non-hydrogen) atoms. The number of fused-ring (bicyclic) bond motifs is 1. The lowest BCUT2D eigenvalue weighted by Crippen LogP contribution is -2.27. The standard InChI is InChI=1S/C26H21F3N4/c1-2-32-17-33(21-15-13-19(14-16-21)18-9-5-3-6-10-18)24-23(32)22(20-11-7-4-8-12-20)30-25(31-24)26(27,28)29/h3-16H,2,17H2,1H3. The first-order valence-electron chi connectivity index (χ1n) is 10.7. The molecule has 5 rings (SSSR count). The third-order valence-corrected chi connectivity index (χ3v) is 5.72. The molecular formula is C26H21F3N4. The third kappa shape index (κ3) is 3.91. The van der Waals surface area contributed by atoms with E-state index in [4.69, 9.17) is 0 Å². The summed E-state index contributed by atoms with van der Waals surface area (Å²) in [5, 5.41) is 0. The van der Waals surface area contributed by atoms with E-state index in [-0.39, 0.29) is 11.5 Å². The summed E-state index contributed by atoms with van der Waals surface area (Å²) < 4.78 is 41.2. The van der Waals surface area contributed by atoms with Gasteiger partial charge in [0.05, 0.1) is 12.4 Å². The van der Waals surface area contributed by atoms with Gasteiger partial charge in [0, 0.05) is 17.8 Å². The Bertz CT molecular complexity index is 1260. The molecule has 166 valence electrons. The molecule has 0 saturated heterocycles. The van der Waals surface area contributed by atoms with Gasteiger partial charge in [0.1, 0.15) is 5.69 Å². The van der Waals surface area contributed by atoms with Gasteiger partial charge in [-0.3, -0.25) is 0 Å². The molecule has 7 heteroatoms. The van der Waals surface area contributed by atoms with E-state index in [1.165, 1.54) is 0 Å². The highest BCUT2D eigenvalue weighted by Crippen LogP contribution is 2.46. The lowest BCUT2D eigenvalue weighted by Gasteiger charge is -2.20. The molecule has 0 atom stereocenters. The molecule has 2 heterocycles. The molecule has 0 spiro atoms. The van der Waals surface area contributed by atoms with E-state index in [1.807, 2.05) is 77.4 Å². The van der Waals surface area contributed by atoms with Crippen LogP contribution in [-0.4, -0.2) is 23.2 Å². The van der Waals surface area contributed by atoms with Crippen LogP contribution in [0.2, 0.25) is 0 Å². The van der Waals surface area contributed by atoms with Crippen molar-refractivity contribution < 1.29 is 13.2 Å². The van der Waals surface area contributed by atoms with E-state index < -0.39 is 12.0 Å². The monoisotopic (exact) mass is 446 g/mol. The number of aromatic nitrogens is 2. The van der Waals surface area contributed by atoms with Crippen LogP contribution in [0.25, 0.3) is 22.4 Å². The van der Waals surface area contributed by atoms with Crippen LogP contribution >= 0.6 is 0 Å². The maximum atomic E-state index is 13.7. The summed E-state index contributed by atoms with van der Waals surface area (Å²) in [7, 11) is 0. The van der Waals surface area contributed by atoms with E-state index in [0.29, 0.717) is 24.5 Å². The number of benzene rings is 3. The number of alkyl halides is 3. The zero-order chi connectivity index (χ0) is 23.0. The molecule has 1 aliphatic heterocycles. The second-order valence-corrected chi connectivity index (χ2v) is 7.77. The number of nitrogens with zero attached hydrogens (tertiary/aromatic N) is 4. The second-order valence-electron chi connectivity index (χ2n) is 7.77. The third-order valence-electron chi connectivity index (χ3n) is 5.72.